The van der Waals surface area contributed by atoms with Crippen molar-refractivity contribution in [3.63, 3.8) is 0 Å². The van der Waals surface area contributed by atoms with E-state index in [4.69, 9.17) is 11.6 Å². The highest BCUT2D eigenvalue weighted by Gasteiger charge is 2.15. The number of benzene rings is 2. The number of aryl methyl sites for hydroxylation is 2. The van der Waals surface area contributed by atoms with E-state index >= 15 is 0 Å². The van der Waals surface area contributed by atoms with Gasteiger partial charge in [0.05, 0.1) is 0 Å². The molecule has 1 unspecified atom stereocenters. The molecule has 0 saturated carbocycles. The molecule has 0 radical (unpaired) electrons. The minimum atomic E-state index is -0.663. The van der Waals surface area contributed by atoms with Crippen LogP contribution in [0.4, 0.5) is 0 Å². The van der Waals surface area contributed by atoms with Crippen LogP contribution >= 0.6 is 11.6 Å². The molecule has 2 aromatic rings. The smallest absolute Gasteiger partial charge is 0.106 e. The molecule has 1 nitrogen and oxygen atoms in total. The van der Waals surface area contributed by atoms with Crippen LogP contribution in [0, 0.1) is 6.92 Å². The summed E-state index contributed by atoms with van der Waals surface area (Å²) in [7, 11) is 0. The first kappa shape index (κ1) is 14.1. The van der Waals surface area contributed by atoms with E-state index in [2.05, 4.69) is 19.1 Å². The highest BCUT2D eigenvalue weighted by Crippen LogP contribution is 2.30. The van der Waals surface area contributed by atoms with Gasteiger partial charge in [0.2, 0.25) is 0 Å². The van der Waals surface area contributed by atoms with Crippen molar-refractivity contribution < 1.29 is 5.11 Å². The fourth-order valence-electron chi connectivity index (χ4n) is 2.27. The van der Waals surface area contributed by atoms with Gasteiger partial charge in [-0.3, -0.25) is 0 Å². The molecule has 0 aliphatic heterocycles. The van der Waals surface area contributed by atoms with Crippen LogP contribution in [-0.4, -0.2) is 5.11 Å². The molecule has 2 aromatic carbocycles. The molecule has 2 rings (SSSR count). The van der Waals surface area contributed by atoms with Crippen molar-refractivity contribution in [2.45, 2.75) is 32.8 Å². The summed E-state index contributed by atoms with van der Waals surface area (Å²) in [5.41, 5.74) is 3.92. The van der Waals surface area contributed by atoms with Crippen molar-refractivity contribution >= 4 is 11.6 Å². The highest BCUT2D eigenvalue weighted by atomic mass is 35.5. The third-order valence-electron chi connectivity index (χ3n) is 3.32. The van der Waals surface area contributed by atoms with Gasteiger partial charge in [0, 0.05) is 10.6 Å². The summed E-state index contributed by atoms with van der Waals surface area (Å²) in [6, 6.07) is 13.9. The van der Waals surface area contributed by atoms with Crippen LogP contribution in [0.15, 0.2) is 42.5 Å². The molecule has 0 heterocycles. The largest absolute Gasteiger partial charge is 0.384 e. The van der Waals surface area contributed by atoms with Gasteiger partial charge in [0.25, 0.3) is 0 Å². The first-order valence-electron chi connectivity index (χ1n) is 6.65. The molecule has 0 aliphatic carbocycles. The SMILES string of the molecule is CCCc1cccc(C(O)c2cccc(C)c2Cl)c1. The van der Waals surface area contributed by atoms with E-state index in [0.717, 1.165) is 29.5 Å². The Morgan fingerprint density at radius 1 is 1.16 bits per heavy atom. The Kier molecular flexibility index (Phi) is 4.62. The van der Waals surface area contributed by atoms with Gasteiger partial charge in [-0.15, -0.1) is 0 Å². The lowest BCUT2D eigenvalue weighted by atomic mass is 9.97. The molecule has 0 amide bonds. The van der Waals surface area contributed by atoms with Gasteiger partial charge in [0.1, 0.15) is 6.10 Å². The number of hydrogen-bond donors (Lipinski definition) is 1. The van der Waals surface area contributed by atoms with Crippen LogP contribution in [0.25, 0.3) is 0 Å². The second-order valence-electron chi connectivity index (χ2n) is 4.88. The molecule has 0 fully saturated rings. The van der Waals surface area contributed by atoms with Crippen molar-refractivity contribution in [3.05, 3.63) is 69.7 Å². The second-order valence-corrected chi connectivity index (χ2v) is 5.25. The summed E-state index contributed by atoms with van der Waals surface area (Å²) >= 11 is 6.28. The molecule has 0 aromatic heterocycles. The molecule has 1 N–H and O–H groups in total. The predicted molar refractivity (Wildman–Crippen MR) is 80.7 cm³/mol. The molecular formula is C17H19ClO. The van der Waals surface area contributed by atoms with Crippen molar-refractivity contribution in [2.24, 2.45) is 0 Å². The van der Waals surface area contributed by atoms with Gasteiger partial charge in [-0.2, -0.15) is 0 Å². The van der Waals surface area contributed by atoms with Gasteiger partial charge in [0.15, 0.2) is 0 Å². The third-order valence-corrected chi connectivity index (χ3v) is 3.84. The lowest BCUT2D eigenvalue weighted by molar-refractivity contribution is 0.220. The number of aliphatic hydroxyl groups is 1. The minimum absolute atomic E-state index is 0.649. The summed E-state index contributed by atoms with van der Waals surface area (Å²) < 4.78 is 0. The summed E-state index contributed by atoms with van der Waals surface area (Å²) in [5.74, 6) is 0. The van der Waals surface area contributed by atoms with E-state index < -0.39 is 6.10 Å². The topological polar surface area (TPSA) is 20.2 Å². The summed E-state index contributed by atoms with van der Waals surface area (Å²) in [6.45, 7) is 4.10. The predicted octanol–water partition coefficient (Wildman–Crippen LogP) is 4.68. The van der Waals surface area contributed by atoms with Crippen molar-refractivity contribution in [1.82, 2.24) is 0 Å². The van der Waals surface area contributed by atoms with Crippen molar-refractivity contribution in [1.29, 1.82) is 0 Å². The van der Waals surface area contributed by atoms with E-state index in [9.17, 15) is 5.11 Å². The Morgan fingerprint density at radius 2 is 1.89 bits per heavy atom. The van der Waals surface area contributed by atoms with Crippen LogP contribution < -0.4 is 0 Å². The molecule has 0 saturated heterocycles. The molecule has 1 atom stereocenters. The van der Waals surface area contributed by atoms with Crippen molar-refractivity contribution in [3.8, 4) is 0 Å². The molecule has 0 spiro atoms. The van der Waals surface area contributed by atoms with E-state index in [1.54, 1.807) is 0 Å². The van der Waals surface area contributed by atoms with E-state index in [1.165, 1.54) is 5.56 Å². The second kappa shape index (κ2) is 6.23. The number of hydrogen-bond acceptors (Lipinski definition) is 1. The summed E-state index contributed by atoms with van der Waals surface area (Å²) in [4.78, 5) is 0. The molecule has 2 heteroatoms. The maximum absolute atomic E-state index is 10.5. The number of rotatable bonds is 4. The first-order valence-corrected chi connectivity index (χ1v) is 7.03. The molecule has 0 aliphatic rings. The zero-order valence-corrected chi connectivity index (χ0v) is 12.1. The lowest BCUT2D eigenvalue weighted by Crippen LogP contribution is -2.02. The highest BCUT2D eigenvalue weighted by molar-refractivity contribution is 6.32. The fraction of sp³-hybridized carbons (Fsp3) is 0.294. The molecule has 0 bridgehead atoms. The Morgan fingerprint density at radius 3 is 2.63 bits per heavy atom. The summed E-state index contributed by atoms with van der Waals surface area (Å²) in [5, 5.41) is 11.2. The van der Waals surface area contributed by atoms with Crippen LogP contribution in [0.5, 0.6) is 0 Å². The molecular weight excluding hydrogens is 256 g/mol. The summed E-state index contributed by atoms with van der Waals surface area (Å²) in [6.07, 6.45) is 1.47. The van der Waals surface area contributed by atoms with Gasteiger partial charge in [-0.1, -0.05) is 67.4 Å². The average Bonchev–Trinajstić information content (AvgIpc) is 2.42. The first-order chi connectivity index (χ1) is 9.13. The monoisotopic (exact) mass is 274 g/mol. The van der Waals surface area contributed by atoms with Gasteiger partial charge in [-0.25, -0.2) is 0 Å². The van der Waals surface area contributed by atoms with Crippen LogP contribution in [0.3, 0.4) is 0 Å². The van der Waals surface area contributed by atoms with Gasteiger partial charge in [-0.05, 0) is 30.0 Å². The standard InChI is InChI=1S/C17H19ClO/c1-3-6-13-8-5-9-14(11-13)17(19)15-10-4-7-12(2)16(15)18/h4-5,7-11,17,19H,3,6H2,1-2H3. The average molecular weight is 275 g/mol. The van der Waals surface area contributed by atoms with Crippen LogP contribution in [0.2, 0.25) is 5.02 Å². The zero-order valence-electron chi connectivity index (χ0n) is 11.4. The zero-order chi connectivity index (χ0) is 13.8. The Bertz CT molecular complexity index is 563. The van der Waals surface area contributed by atoms with Crippen molar-refractivity contribution in [2.75, 3.05) is 0 Å². The maximum atomic E-state index is 10.5. The lowest BCUT2D eigenvalue weighted by Gasteiger charge is -2.15. The Labute approximate surface area is 119 Å². The Hall–Kier alpha value is -1.31. The molecule has 100 valence electrons. The van der Waals surface area contributed by atoms with E-state index in [-0.39, 0.29) is 0 Å². The van der Waals surface area contributed by atoms with Gasteiger partial charge < -0.3 is 5.11 Å². The molecule has 19 heavy (non-hydrogen) atoms. The van der Waals surface area contributed by atoms with E-state index in [1.807, 2.05) is 37.3 Å². The van der Waals surface area contributed by atoms with Crippen LogP contribution in [-0.2, 0) is 6.42 Å². The normalized spacial score (nSPS) is 12.4. The van der Waals surface area contributed by atoms with Gasteiger partial charge >= 0.3 is 0 Å². The third kappa shape index (κ3) is 3.17. The van der Waals surface area contributed by atoms with Crippen LogP contribution in [0.1, 0.15) is 41.7 Å². The number of aliphatic hydroxyl groups excluding tert-OH is 1. The quantitative estimate of drug-likeness (QED) is 0.858. The Balaban J connectivity index is 2.35. The number of halogens is 1. The maximum Gasteiger partial charge on any atom is 0.106 e. The minimum Gasteiger partial charge on any atom is -0.384 e. The fourth-order valence-corrected chi connectivity index (χ4v) is 2.50. The van der Waals surface area contributed by atoms with E-state index in [0.29, 0.717) is 5.02 Å².